The normalized spacial score (nSPS) is 38.2. The highest BCUT2D eigenvalue weighted by molar-refractivity contribution is 7.45. The van der Waals surface area contributed by atoms with Crippen molar-refractivity contribution in [1.29, 1.82) is 0 Å². The van der Waals surface area contributed by atoms with E-state index in [0.717, 1.165) is 0 Å². The molecule has 1 unspecified atom stereocenters. The summed E-state index contributed by atoms with van der Waals surface area (Å²) in [5.41, 5.74) is 0. The Bertz CT molecular complexity index is 255. The number of phosphoric acid groups is 1. The van der Waals surface area contributed by atoms with E-state index in [-0.39, 0.29) is 0 Å². The number of phosphoric ester groups is 1. The minimum absolute atomic E-state index is 1.02. The van der Waals surface area contributed by atoms with Crippen LogP contribution in [0.5, 0.6) is 0 Å². The second-order valence-corrected chi connectivity index (χ2v) is 3.68. The van der Waals surface area contributed by atoms with Gasteiger partial charge in [-0.15, -0.1) is 0 Å². The Balaban J connectivity index is 2.95. The van der Waals surface area contributed by atoms with Crippen molar-refractivity contribution in [3.8, 4) is 0 Å². The lowest BCUT2D eigenvalue weighted by Gasteiger charge is -2.26. The van der Waals surface area contributed by atoms with E-state index in [1.807, 2.05) is 0 Å². The van der Waals surface area contributed by atoms with E-state index in [0.29, 0.717) is 0 Å². The Hall–Kier alpha value is -0.170. The van der Waals surface area contributed by atoms with Crippen LogP contribution in [0.1, 0.15) is 6.42 Å². The Morgan fingerprint density at radius 3 is 2.38 bits per heavy atom. The molecule has 0 saturated carbocycles. The van der Waals surface area contributed by atoms with Gasteiger partial charge in [-0.3, -0.25) is 4.57 Å². The predicted molar refractivity (Wildman–Crippen MR) is 29.2 cm³/mol. The van der Waals surface area contributed by atoms with Crippen molar-refractivity contribution in [1.82, 2.24) is 0 Å². The zero-order chi connectivity index (χ0) is 10.3. The van der Waals surface area contributed by atoms with Crippen molar-refractivity contribution in [3.63, 3.8) is 0 Å². The lowest BCUT2D eigenvalue weighted by atomic mass is 10.2. The summed E-state index contributed by atoms with van der Waals surface area (Å²) in [6.07, 6.45) is -6.45. The smallest absolute Gasteiger partial charge is 0.425 e. The number of halogens is 4. The molecule has 1 heterocycles. The van der Waals surface area contributed by atoms with Gasteiger partial charge >= 0.3 is 12.0 Å². The summed E-state index contributed by atoms with van der Waals surface area (Å²) in [6.45, 7) is -1.02. The van der Waals surface area contributed by atoms with Crippen LogP contribution in [0.2, 0.25) is 0 Å². The molecular formula is C4H4F4O4P-. The summed E-state index contributed by atoms with van der Waals surface area (Å²) < 4.78 is 66.3. The monoisotopic (exact) mass is 223 g/mol. The fraction of sp³-hybridized carbons (Fsp3) is 1.00. The lowest BCUT2D eigenvalue weighted by molar-refractivity contribution is -0.331. The van der Waals surface area contributed by atoms with Gasteiger partial charge in [0, 0.05) is 6.42 Å². The van der Waals surface area contributed by atoms with Gasteiger partial charge in [-0.25, -0.2) is 4.52 Å². The van der Waals surface area contributed by atoms with E-state index in [9.17, 15) is 27.0 Å². The average molecular weight is 223 g/mol. The van der Waals surface area contributed by atoms with E-state index in [2.05, 4.69) is 9.05 Å². The van der Waals surface area contributed by atoms with Crippen molar-refractivity contribution in [2.75, 3.05) is 6.61 Å². The van der Waals surface area contributed by atoms with Gasteiger partial charge in [-0.2, -0.15) is 17.6 Å². The van der Waals surface area contributed by atoms with E-state index in [1.165, 1.54) is 0 Å². The highest BCUT2D eigenvalue weighted by Crippen LogP contribution is 2.53. The van der Waals surface area contributed by atoms with Crippen molar-refractivity contribution >= 4 is 7.82 Å². The fourth-order valence-corrected chi connectivity index (χ4v) is 1.45. The summed E-state index contributed by atoms with van der Waals surface area (Å²) in [5.74, 6) is -4.54. The van der Waals surface area contributed by atoms with Crippen LogP contribution in [0.3, 0.4) is 0 Å². The molecule has 9 heteroatoms. The molecule has 1 rings (SSSR count). The topological polar surface area (TPSA) is 58.6 Å². The molecule has 1 aliphatic rings. The van der Waals surface area contributed by atoms with E-state index < -0.39 is 32.9 Å². The molecule has 13 heavy (non-hydrogen) atoms. The van der Waals surface area contributed by atoms with Crippen LogP contribution < -0.4 is 4.89 Å². The largest absolute Gasteiger partial charge is 0.756 e. The van der Waals surface area contributed by atoms with Crippen LogP contribution in [-0.4, -0.2) is 18.6 Å². The number of alkyl halides is 4. The minimum Gasteiger partial charge on any atom is -0.756 e. The molecule has 0 aromatic rings. The molecular weight excluding hydrogens is 219 g/mol. The second-order valence-electron chi connectivity index (χ2n) is 2.34. The van der Waals surface area contributed by atoms with Crippen molar-refractivity contribution in [2.45, 2.75) is 18.5 Å². The lowest BCUT2D eigenvalue weighted by Crippen LogP contribution is -2.41. The molecule has 0 aliphatic carbocycles. The standard InChI is InChI=1S/C4H5F4O4P/c5-3(6)1-2-11-13(9,10)12-4(3,7)8/h1-2H2,(H,9,10)/p-1. The molecule has 1 saturated heterocycles. The van der Waals surface area contributed by atoms with Gasteiger partial charge in [0.15, 0.2) is 0 Å². The third-order valence-corrected chi connectivity index (χ3v) is 2.27. The van der Waals surface area contributed by atoms with Gasteiger partial charge in [0.05, 0.1) is 6.61 Å². The van der Waals surface area contributed by atoms with Crippen molar-refractivity contribution < 1.29 is 36.1 Å². The summed E-state index contributed by atoms with van der Waals surface area (Å²) in [6, 6.07) is 0. The third kappa shape index (κ3) is 2.19. The number of hydrogen-bond acceptors (Lipinski definition) is 4. The van der Waals surface area contributed by atoms with Crippen LogP contribution in [0.25, 0.3) is 0 Å². The van der Waals surface area contributed by atoms with Crippen molar-refractivity contribution in [2.24, 2.45) is 0 Å². The van der Waals surface area contributed by atoms with Gasteiger partial charge in [0.2, 0.25) is 0 Å². The molecule has 0 N–H and O–H groups in total. The molecule has 1 atom stereocenters. The first-order valence-corrected chi connectivity index (χ1v) is 4.54. The first-order chi connectivity index (χ1) is 5.66. The van der Waals surface area contributed by atoms with Gasteiger partial charge < -0.3 is 9.42 Å². The first-order valence-electron chi connectivity index (χ1n) is 3.08. The zero-order valence-electron chi connectivity index (χ0n) is 6.01. The third-order valence-electron chi connectivity index (χ3n) is 1.32. The molecule has 1 aliphatic heterocycles. The summed E-state index contributed by atoms with van der Waals surface area (Å²) >= 11 is 0. The van der Waals surface area contributed by atoms with Gasteiger partial charge in [0.25, 0.3) is 7.82 Å². The summed E-state index contributed by atoms with van der Waals surface area (Å²) in [4.78, 5) is 10.3. The van der Waals surface area contributed by atoms with Crippen LogP contribution in [0.15, 0.2) is 0 Å². The highest BCUT2D eigenvalue weighted by atomic mass is 31.2. The summed E-state index contributed by atoms with van der Waals surface area (Å²) in [5, 5.41) is 0. The van der Waals surface area contributed by atoms with Crippen LogP contribution in [-0.2, 0) is 13.6 Å². The van der Waals surface area contributed by atoms with E-state index >= 15 is 0 Å². The fourth-order valence-electron chi connectivity index (χ4n) is 0.665. The maximum atomic E-state index is 12.4. The van der Waals surface area contributed by atoms with Crippen LogP contribution in [0, 0.1) is 0 Å². The highest BCUT2D eigenvalue weighted by Gasteiger charge is 2.60. The molecule has 0 spiro atoms. The molecule has 1 fully saturated rings. The molecule has 0 aromatic carbocycles. The maximum Gasteiger partial charge on any atom is 0.425 e. The Kier molecular flexibility index (Phi) is 2.44. The maximum absolute atomic E-state index is 12.4. The van der Waals surface area contributed by atoms with Crippen LogP contribution >= 0.6 is 7.82 Å². The molecule has 0 aromatic heterocycles. The SMILES string of the molecule is O=P1([O-])OCCC(F)(F)C(F)(F)O1. The van der Waals surface area contributed by atoms with Crippen LogP contribution in [0.4, 0.5) is 17.6 Å². The molecule has 0 bridgehead atoms. The Morgan fingerprint density at radius 2 is 1.85 bits per heavy atom. The minimum atomic E-state index is -5.31. The molecule has 78 valence electrons. The molecule has 0 amide bonds. The number of hydrogen-bond donors (Lipinski definition) is 0. The number of rotatable bonds is 0. The average Bonchev–Trinajstić information content (AvgIpc) is 1.86. The zero-order valence-corrected chi connectivity index (χ0v) is 6.90. The van der Waals surface area contributed by atoms with Gasteiger partial charge in [-0.05, 0) is 0 Å². The predicted octanol–water partition coefficient (Wildman–Crippen LogP) is 1.12. The van der Waals surface area contributed by atoms with Gasteiger partial charge in [0.1, 0.15) is 0 Å². The Labute approximate surface area is 70.1 Å². The summed E-state index contributed by atoms with van der Waals surface area (Å²) in [7, 11) is -5.31. The Morgan fingerprint density at radius 1 is 1.31 bits per heavy atom. The van der Waals surface area contributed by atoms with Gasteiger partial charge in [-0.1, -0.05) is 0 Å². The second kappa shape index (κ2) is 2.91. The van der Waals surface area contributed by atoms with E-state index in [4.69, 9.17) is 0 Å². The first kappa shape index (κ1) is 10.9. The molecule has 0 radical (unpaired) electrons. The van der Waals surface area contributed by atoms with E-state index in [1.54, 1.807) is 0 Å². The quantitative estimate of drug-likeness (QED) is 0.456. The molecule has 4 nitrogen and oxygen atoms in total. The van der Waals surface area contributed by atoms with Crippen molar-refractivity contribution in [3.05, 3.63) is 0 Å².